The highest BCUT2D eigenvalue weighted by atomic mass is 16.4. The molecule has 0 saturated heterocycles. The monoisotopic (exact) mass is 514 g/mol. The van der Waals surface area contributed by atoms with Crippen LogP contribution < -0.4 is 21.6 Å². The molecule has 0 saturated carbocycles. The second-order valence-corrected chi connectivity index (χ2v) is 9.82. The van der Waals surface area contributed by atoms with Gasteiger partial charge in [-0.15, -0.1) is 0 Å². The van der Waals surface area contributed by atoms with Crippen LogP contribution in [0.1, 0.15) is 42.5 Å². The molecule has 8 nitrogen and oxygen atoms in total. The Morgan fingerprint density at radius 1 is 0.947 bits per heavy atom. The van der Waals surface area contributed by atoms with Crippen LogP contribution in [0.15, 0.2) is 57.7 Å². The Morgan fingerprint density at radius 3 is 2.66 bits per heavy atom. The van der Waals surface area contributed by atoms with Crippen LogP contribution in [0.4, 0.5) is 5.69 Å². The van der Waals surface area contributed by atoms with Crippen LogP contribution in [0.3, 0.4) is 0 Å². The summed E-state index contributed by atoms with van der Waals surface area (Å²) in [7, 11) is 0. The maximum atomic E-state index is 12.4. The molecule has 1 amide bonds. The Kier molecular flexibility index (Phi) is 8.19. The number of rotatable bonds is 11. The van der Waals surface area contributed by atoms with Crippen molar-refractivity contribution >= 4 is 33.5 Å². The van der Waals surface area contributed by atoms with Crippen LogP contribution in [0, 0.1) is 0 Å². The zero-order chi connectivity index (χ0) is 26.3. The van der Waals surface area contributed by atoms with Gasteiger partial charge in [0.05, 0.1) is 11.9 Å². The number of pyridine rings is 1. The summed E-state index contributed by atoms with van der Waals surface area (Å²) in [6.07, 6.45) is 6.49. The molecule has 198 valence electrons. The topological polar surface area (TPSA) is 116 Å². The van der Waals surface area contributed by atoms with Gasteiger partial charge in [-0.1, -0.05) is 18.2 Å². The summed E-state index contributed by atoms with van der Waals surface area (Å²) in [4.78, 5) is 29.1. The minimum atomic E-state index is -0.540. The lowest BCUT2D eigenvalue weighted by molar-refractivity contribution is -0.120. The van der Waals surface area contributed by atoms with Crippen molar-refractivity contribution in [1.29, 1.82) is 0 Å². The molecule has 2 aromatic heterocycles. The van der Waals surface area contributed by atoms with E-state index in [1.165, 1.54) is 53.4 Å². The van der Waals surface area contributed by atoms with Gasteiger partial charge in [0.1, 0.15) is 11.3 Å². The maximum Gasteiger partial charge on any atom is 0.336 e. The zero-order valence-electron chi connectivity index (χ0n) is 21.5. The molecule has 0 spiro atoms. The van der Waals surface area contributed by atoms with Gasteiger partial charge in [0.15, 0.2) is 0 Å². The van der Waals surface area contributed by atoms with Crippen LogP contribution in [0.25, 0.3) is 21.9 Å². The molecule has 0 atom stereocenters. The highest BCUT2D eigenvalue weighted by Gasteiger charge is 2.17. The summed E-state index contributed by atoms with van der Waals surface area (Å²) in [5, 5.41) is 21.5. The number of hydrogen-bond acceptors (Lipinski definition) is 7. The second-order valence-electron chi connectivity index (χ2n) is 9.82. The molecule has 0 unspecified atom stereocenters. The first-order valence-corrected chi connectivity index (χ1v) is 13.5. The highest BCUT2D eigenvalue weighted by molar-refractivity contribution is 5.93. The standard InChI is InChI=1S/C30H34N4O4/c35-21-11-12-22-20(18-29(37)38-27(22)19-21)17-28(36)32-15-5-13-31-14-6-16-33-30-23-7-1-3-9-25(23)34-26-10-4-2-8-24(26)30/h1,3,7,9,11-12,18-19,31,35H,2,4-6,8,10,13-17H2,(H,32,36)(H,33,34). The molecule has 38 heavy (non-hydrogen) atoms. The third-order valence-electron chi connectivity index (χ3n) is 7.02. The molecular weight excluding hydrogens is 480 g/mol. The van der Waals surface area contributed by atoms with Crippen LogP contribution in [-0.4, -0.2) is 42.2 Å². The van der Waals surface area contributed by atoms with Crippen LogP contribution in [0.5, 0.6) is 5.75 Å². The Hall–Kier alpha value is -3.91. The third kappa shape index (κ3) is 6.14. The number of para-hydroxylation sites is 1. The second kappa shape index (κ2) is 12.1. The van der Waals surface area contributed by atoms with E-state index in [1.807, 2.05) is 0 Å². The van der Waals surface area contributed by atoms with Crippen LogP contribution >= 0.6 is 0 Å². The van der Waals surface area contributed by atoms with Gasteiger partial charge in [0.2, 0.25) is 5.91 Å². The minimum absolute atomic E-state index is 0.00954. The normalized spacial score (nSPS) is 12.9. The SMILES string of the molecule is O=C(Cc1cc(=O)oc2cc(O)ccc12)NCCCNCCCNc1c2c(nc3ccccc13)CCCC2. The van der Waals surface area contributed by atoms with Gasteiger partial charge in [-0.2, -0.15) is 0 Å². The molecule has 8 heteroatoms. The van der Waals surface area contributed by atoms with Gasteiger partial charge >= 0.3 is 5.63 Å². The van der Waals surface area contributed by atoms with Crippen molar-refractivity contribution in [2.45, 2.75) is 44.9 Å². The number of nitrogens with zero attached hydrogens (tertiary/aromatic N) is 1. The van der Waals surface area contributed by atoms with Gasteiger partial charge in [-0.3, -0.25) is 9.78 Å². The minimum Gasteiger partial charge on any atom is -0.508 e. The Bertz CT molecular complexity index is 1500. The Morgan fingerprint density at radius 2 is 1.76 bits per heavy atom. The third-order valence-corrected chi connectivity index (χ3v) is 7.02. The molecule has 2 heterocycles. The molecule has 1 aliphatic rings. The first-order valence-electron chi connectivity index (χ1n) is 13.5. The van der Waals surface area contributed by atoms with Crippen molar-refractivity contribution in [3.05, 3.63) is 75.8 Å². The quantitative estimate of drug-likeness (QED) is 0.176. The van der Waals surface area contributed by atoms with Crippen molar-refractivity contribution in [3.63, 3.8) is 0 Å². The number of anilines is 1. The molecular formula is C30H34N4O4. The number of aromatic hydroxyl groups is 1. The summed E-state index contributed by atoms with van der Waals surface area (Å²) in [5.41, 5.74) is 5.29. The lowest BCUT2D eigenvalue weighted by Crippen LogP contribution is -2.29. The number of aryl methyl sites for hydroxylation is 1. The van der Waals surface area contributed by atoms with E-state index in [-0.39, 0.29) is 23.7 Å². The Labute approximate surface area is 221 Å². The van der Waals surface area contributed by atoms with Gasteiger partial charge in [-0.05, 0) is 80.9 Å². The number of hydrogen-bond donors (Lipinski definition) is 4. The summed E-state index contributed by atoms with van der Waals surface area (Å²) < 4.78 is 5.12. The van der Waals surface area contributed by atoms with Crippen molar-refractivity contribution in [3.8, 4) is 5.75 Å². The number of nitrogens with one attached hydrogen (secondary N) is 3. The summed E-state index contributed by atoms with van der Waals surface area (Å²) >= 11 is 0. The fourth-order valence-electron chi connectivity index (χ4n) is 5.17. The fourth-order valence-corrected chi connectivity index (χ4v) is 5.17. The smallest absolute Gasteiger partial charge is 0.336 e. The summed E-state index contributed by atoms with van der Waals surface area (Å²) in [6.45, 7) is 3.15. The lowest BCUT2D eigenvalue weighted by Gasteiger charge is -2.21. The number of fused-ring (bicyclic) bond motifs is 3. The van der Waals surface area contributed by atoms with E-state index in [4.69, 9.17) is 9.40 Å². The molecule has 0 bridgehead atoms. The molecule has 2 aromatic carbocycles. The van der Waals surface area contributed by atoms with Crippen molar-refractivity contribution in [1.82, 2.24) is 15.6 Å². The van der Waals surface area contributed by atoms with Gasteiger partial charge < -0.3 is 25.5 Å². The molecule has 0 radical (unpaired) electrons. The molecule has 4 aromatic rings. The number of carbonyl (C=O) groups is 1. The molecule has 1 aliphatic carbocycles. The largest absolute Gasteiger partial charge is 0.508 e. The average Bonchev–Trinajstić information content (AvgIpc) is 2.91. The highest BCUT2D eigenvalue weighted by Crippen LogP contribution is 2.33. The van der Waals surface area contributed by atoms with E-state index in [2.05, 4.69) is 40.2 Å². The van der Waals surface area contributed by atoms with E-state index in [1.54, 1.807) is 6.07 Å². The molecule has 5 rings (SSSR count). The molecule has 0 aliphatic heterocycles. The summed E-state index contributed by atoms with van der Waals surface area (Å²) in [6, 6.07) is 14.3. The predicted octanol–water partition coefficient (Wildman–Crippen LogP) is 4.07. The zero-order valence-corrected chi connectivity index (χ0v) is 21.5. The van der Waals surface area contributed by atoms with Gasteiger partial charge in [0, 0.05) is 47.4 Å². The van der Waals surface area contributed by atoms with Crippen molar-refractivity contribution in [2.75, 3.05) is 31.5 Å². The van der Waals surface area contributed by atoms with Crippen molar-refractivity contribution < 1.29 is 14.3 Å². The van der Waals surface area contributed by atoms with E-state index in [9.17, 15) is 14.7 Å². The number of phenolic OH excluding ortho intramolecular Hbond substituents is 1. The van der Waals surface area contributed by atoms with Crippen molar-refractivity contribution in [2.24, 2.45) is 0 Å². The van der Waals surface area contributed by atoms with E-state index < -0.39 is 5.63 Å². The van der Waals surface area contributed by atoms with E-state index in [0.29, 0.717) is 17.5 Å². The number of aromatic nitrogens is 1. The number of amides is 1. The lowest BCUT2D eigenvalue weighted by atomic mass is 9.92. The summed E-state index contributed by atoms with van der Waals surface area (Å²) in [5.74, 6) is -0.141. The van der Waals surface area contributed by atoms with Gasteiger partial charge in [0.25, 0.3) is 0 Å². The predicted molar refractivity (Wildman–Crippen MR) is 150 cm³/mol. The van der Waals surface area contributed by atoms with Crippen LogP contribution in [-0.2, 0) is 24.1 Å². The van der Waals surface area contributed by atoms with E-state index >= 15 is 0 Å². The van der Waals surface area contributed by atoms with Gasteiger partial charge in [-0.25, -0.2) is 4.79 Å². The first-order chi connectivity index (χ1) is 18.6. The number of phenols is 1. The van der Waals surface area contributed by atoms with Crippen LogP contribution in [0.2, 0.25) is 0 Å². The maximum absolute atomic E-state index is 12.4. The molecule has 4 N–H and O–H groups in total. The molecule has 0 fully saturated rings. The number of benzene rings is 2. The van der Waals surface area contributed by atoms with E-state index in [0.717, 1.165) is 50.8 Å². The number of carbonyl (C=O) groups excluding carboxylic acids is 1. The average molecular weight is 515 g/mol. The Balaban J connectivity index is 1.02. The first kappa shape index (κ1) is 25.7. The fraction of sp³-hybridized carbons (Fsp3) is 0.367.